The molecule has 0 saturated carbocycles. The first kappa shape index (κ1) is 12.5. The largest absolute Gasteiger partial charge is 0.476 e. The first-order valence-corrected chi connectivity index (χ1v) is 5.44. The van der Waals surface area contributed by atoms with Crippen LogP contribution in [0.1, 0.15) is 16.2 Å². The van der Waals surface area contributed by atoms with Crippen LogP contribution in [0.2, 0.25) is 5.02 Å². The Hall–Kier alpha value is -1.92. The third kappa shape index (κ3) is 2.34. The molecule has 0 fully saturated rings. The molecule has 7 heteroatoms. The number of halogens is 1. The van der Waals surface area contributed by atoms with Crippen molar-refractivity contribution in [2.24, 2.45) is 0 Å². The molecule has 0 spiro atoms. The van der Waals surface area contributed by atoms with E-state index in [1.165, 1.54) is 11.8 Å². The molecule has 1 aromatic carbocycles. The number of aromatic nitrogens is 3. The third-order valence-electron chi connectivity index (χ3n) is 2.32. The van der Waals surface area contributed by atoms with E-state index in [0.717, 1.165) is 0 Å². The quantitative estimate of drug-likeness (QED) is 0.913. The van der Waals surface area contributed by atoms with Crippen LogP contribution < -0.4 is 0 Å². The van der Waals surface area contributed by atoms with Crippen LogP contribution in [0.15, 0.2) is 24.3 Å². The van der Waals surface area contributed by atoms with Gasteiger partial charge in [-0.2, -0.15) is 0 Å². The van der Waals surface area contributed by atoms with Gasteiger partial charge in [-0.15, -0.1) is 5.10 Å². The van der Waals surface area contributed by atoms with Crippen LogP contribution in [0.25, 0.3) is 5.69 Å². The number of nitrogens with zero attached hydrogens (tertiary/aromatic N) is 3. The van der Waals surface area contributed by atoms with Crippen molar-refractivity contribution in [1.29, 1.82) is 0 Å². The summed E-state index contributed by atoms with van der Waals surface area (Å²) in [5, 5.41) is 17.0. The van der Waals surface area contributed by atoms with Gasteiger partial charge in [0, 0.05) is 12.1 Å². The van der Waals surface area contributed by atoms with Crippen molar-refractivity contribution in [3.8, 4) is 5.69 Å². The Morgan fingerprint density at radius 1 is 1.44 bits per heavy atom. The molecule has 0 radical (unpaired) electrons. The van der Waals surface area contributed by atoms with Gasteiger partial charge < -0.3 is 9.84 Å². The maximum atomic E-state index is 11.0. The maximum Gasteiger partial charge on any atom is 0.358 e. The Morgan fingerprint density at radius 3 is 2.67 bits per heavy atom. The molecule has 1 heterocycles. The Bertz CT molecular complexity index is 565. The van der Waals surface area contributed by atoms with Gasteiger partial charge in [-0.25, -0.2) is 9.48 Å². The number of benzene rings is 1. The van der Waals surface area contributed by atoms with Gasteiger partial charge >= 0.3 is 5.97 Å². The van der Waals surface area contributed by atoms with Gasteiger partial charge in [-0.05, 0) is 24.3 Å². The molecule has 0 amide bonds. The first-order chi connectivity index (χ1) is 8.63. The monoisotopic (exact) mass is 267 g/mol. The Balaban J connectivity index is 2.50. The first-order valence-electron chi connectivity index (χ1n) is 5.06. The van der Waals surface area contributed by atoms with Crippen LogP contribution in [-0.2, 0) is 11.3 Å². The average Bonchev–Trinajstić information content (AvgIpc) is 2.74. The van der Waals surface area contributed by atoms with Gasteiger partial charge in [0.15, 0.2) is 5.69 Å². The normalized spacial score (nSPS) is 10.6. The molecule has 0 unspecified atom stereocenters. The summed E-state index contributed by atoms with van der Waals surface area (Å²) in [5.74, 6) is -1.14. The summed E-state index contributed by atoms with van der Waals surface area (Å²) in [7, 11) is 1.48. The number of hydrogen-bond acceptors (Lipinski definition) is 4. The van der Waals surface area contributed by atoms with Crippen LogP contribution in [0.3, 0.4) is 0 Å². The van der Waals surface area contributed by atoms with E-state index in [1.807, 2.05) is 0 Å². The fourth-order valence-electron chi connectivity index (χ4n) is 1.52. The molecular weight excluding hydrogens is 258 g/mol. The molecule has 1 aromatic heterocycles. The highest BCUT2D eigenvalue weighted by Crippen LogP contribution is 2.16. The van der Waals surface area contributed by atoms with Crippen molar-refractivity contribution >= 4 is 17.6 Å². The molecule has 18 heavy (non-hydrogen) atoms. The van der Waals surface area contributed by atoms with Crippen molar-refractivity contribution in [2.75, 3.05) is 7.11 Å². The predicted molar refractivity (Wildman–Crippen MR) is 64.0 cm³/mol. The Labute approximate surface area is 108 Å². The lowest BCUT2D eigenvalue weighted by Crippen LogP contribution is -2.07. The van der Waals surface area contributed by atoms with Crippen LogP contribution in [0.4, 0.5) is 0 Å². The molecule has 94 valence electrons. The van der Waals surface area contributed by atoms with Crippen LogP contribution in [0, 0.1) is 0 Å². The molecule has 2 rings (SSSR count). The van der Waals surface area contributed by atoms with E-state index in [-0.39, 0.29) is 12.3 Å². The molecule has 0 saturated heterocycles. The number of rotatable bonds is 4. The smallest absolute Gasteiger partial charge is 0.358 e. The van der Waals surface area contributed by atoms with Crippen molar-refractivity contribution in [3.05, 3.63) is 40.7 Å². The third-order valence-corrected chi connectivity index (χ3v) is 2.57. The fourth-order valence-corrected chi connectivity index (χ4v) is 1.65. The summed E-state index contributed by atoms with van der Waals surface area (Å²) in [6.45, 7) is 0.108. The van der Waals surface area contributed by atoms with E-state index in [1.54, 1.807) is 24.3 Å². The van der Waals surface area contributed by atoms with Crippen molar-refractivity contribution in [2.45, 2.75) is 6.61 Å². The zero-order chi connectivity index (χ0) is 13.1. The predicted octanol–water partition coefficient (Wildman–Crippen LogP) is 1.77. The number of ether oxygens (including phenoxy) is 1. The molecule has 0 aliphatic heterocycles. The van der Waals surface area contributed by atoms with E-state index in [0.29, 0.717) is 16.4 Å². The number of hydrogen-bond donors (Lipinski definition) is 1. The van der Waals surface area contributed by atoms with Crippen molar-refractivity contribution in [1.82, 2.24) is 15.0 Å². The summed E-state index contributed by atoms with van der Waals surface area (Å²) >= 11 is 5.79. The minimum Gasteiger partial charge on any atom is -0.476 e. The van der Waals surface area contributed by atoms with E-state index < -0.39 is 5.97 Å². The van der Waals surface area contributed by atoms with E-state index >= 15 is 0 Å². The van der Waals surface area contributed by atoms with Crippen LogP contribution in [-0.4, -0.2) is 33.2 Å². The Morgan fingerprint density at radius 2 is 2.11 bits per heavy atom. The van der Waals surface area contributed by atoms with Gasteiger partial charge in [0.25, 0.3) is 0 Å². The molecule has 0 atom stereocenters. The summed E-state index contributed by atoms with van der Waals surface area (Å²) in [6, 6.07) is 6.83. The zero-order valence-electron chi connectivity index (χ0n) is 9.50. The Kier molecular flexibility index (Phi) is 3.59. The average molecular weight is 268 g/mol. The minimum absolute atomic E-state index is 0.108. The molecule has 0 bridgehead atoms. The lowest BCUT2D eigenvalue weighted by Gasteiger charge is -2.06. The summed E-state index contributed by atoms with van der Waals surface area (Å²) in [5.41, 5.74) is 0.936. The van der Waals surface area contributed by atoms with Gasteiger partial charge in [0.2, 0.25) is 0 Å². The van der Waals surface area contributed by atoms with Crippen molar-refractivity contribution in [3.63, 3.8) is 0 Å². The van der Waals surface area contributed by atoms with E-state index in [9.17, 15) is 4.79 Å². The minimum atomic E-state index is -1.14. The molecule has 6 nitrogen and oxygen atoms in total. The van der Waals surface area contributed by atoms with Gasteiger partial charge in [-0.3, -0.25) is 0 Å². The number of carboxylic acids is 1. The van der Waals surface area contributed by atoms with Crippen molar-refractivity contribution < 1.29 is 14.6 Å². The molecule has 1 N–H and O–H groups in total. The standard InChI is InChI=1S/C11H10ClN3O3/c1-18-6-9-10(11(16)17)13-14-15(9)8-4-2-7(12)3-5-8/h2-5H,6H2,1H3,(H,16,17). The SMILES string of the molecule is COCc1c(C(=O)O)nnn1-c1ccc(Cl)cc1. The zero-order valence-corrected chi connectivity index (χ0v) is 10.3. The highest BCUT2D eigenvalue weighted by Gasteiger charge is 2.19. The topological polar surface area (TPSA) is 77.2 Å². The van der Waals surface area contributed by atoms with Gasteiger partial charge in [0.05, 0.1) is 12.3 Å². The lowest BCUT2D eigenvalue weighted by atomic mass is 10.3. The molecule has 0 aliphatic rings. The lowest BCUT2D eigenvalue weighted by molar-refractivity contribution is 0.0685. The van der Waals surface area contributed by atoms with Gasteiger partial charge in [-0.1, -0.05) is 16.8 Å². The molecule has 0 aliphatic carbocycles. The number of methoxy groups -OCH3 is 1. The van der Waals surface area contributed by atoms with Crippen LogP contribution >= 0.6 is 11.6 Å². The maximum absolute atomic E-state index is 11.0. The summed E-state index contributed by atoms with van der Waals surface area (Å²) in [4.78, 5) is 11.0. The second-order valence-electron chi connectivity index (χ2n) is 3.51. The highest BCUT2D eigenvalue weighted by atomic mass is 35.5. The fraction of sp³-hybridized carbons (Fsp3) is 0.182. The number of carboxylic acid groups (broad SMARTS) is 1. The summed E-state index contributed by atoms with van der Waals surface area (Å²) in [6.07, 6.45) is 0. The van der Waals surface area contributed by atoms with Crippen LogP contribution in [0.5, 0.6) is 0 Å². The molecule has 2 aromatic rings. The molecular formula is C11H10ClN3O3. The van der Waals surface area contributed by atoms with E-state index in [4.69, 9.17) is 21.4 Å². The highest BCUT2D eigenvalue weighted by molar-refractivity contribution is 6.30. The van der Waals surface area contributed by atoms with E-state index in [2.05, 4.69) is 10.3 Å². The van der Waals surface area contributed by atoms with Gasteiger partial charge in [0.1, 0.15) is 5.69 Å². The number of carbonyl (C=O) groups is 1. The second kappa shape index (κ2) is 5.16. The summed E-state index contributed by atoms with van der Waals surface area (Å²) < 4.78 is 6.39. The number of aromatic carboxylic acids is 1. The second-order valence-corrected chi connectivity index (χ2v) is 3.95.